The molecule has 0 saturated heterocycles. The van der Waals surface area contributed by atoms with E-state index in [0.29, 0.717) is 0 Å². The minimum Gasteiger partial charge on any atom is -0.389 e. The van der Waals surface area contributed by atoms with Gasteiger partial charge in [-0.1, -0.05) is 5.57 Å². The minimum atomic E-state index is 0.768. The molecule has 0 heterocycles. The van der Waals surface area contributed by atoms with Crippen LogP contribution in [0.5, 0.6) is 0 Å². The molecule has 0 spiro atoms. The Bertz CT molecular complexity index is 84.9. The Balaban J connectivity index is 3.00. The van der Waals surface area contributed by atoms with Crippen molar-refractivity contribution in [2.45, 2.75) is 13.8 Å². The summed E-state index contributed by atoms with van der Waals surface area (Å²) in [5, 5.41) is 3.10. The van der Waals surface area contributed by atoms with Crippen LogP contribution in [0.1, 0.15) is 13.8 Å². The van der Waals surface area contributed by atoms with Gasteiger partial charge in [-0.3, -0.25) is 0 Å². The quantitative estimate of drug-likeness (QED) is 0.575. The monoisotopic (exact) mass is 129 g/mol. The summed E-state index contributed by atoms with van der Waals surface area (Å²) in [5.41, 5.74) is 1.28. The van der Waals surface area contributed by atoms with Gasteiger partial charge in [-0.05, 0) is 20.0 Å². The van der Waals surface area contributed by atoms with E-state index in [-0.39, 0.29) is 0 Å². The van der Waals surface area contributed by atoms with Gasteiger partial charge in [0, 0.05) is 13.7 Å². The van der Waals surface area contributed by atoms with E-state index in [1.165, 1.54) is 5.57 Å². The lowest BCUT2D eigenvalue weighted by molar-refractivity contribution is 0.202. The van der Waals surface area contributed by atoms with Crippen molar-refractivity contribution in [3.05, 3.63) is 11.8 Å². The maximum Gasteiger partial charge on any atom is 0.0635 e. The van der Waals surface area contributed by atoms with E-state index in [4.69, 9.17) is 4.74 Å². The topological polar surface area (TPSA) is 21.3 Å². The van der Waals surface area contributed by atoms with Crippen LogP contribution in [0.15, 0.2) is 11.8 Å². The second-order valence-corrected chi connectivity index (χ2v) is 2.17. The van der Waals surface area contributed by atoms with Crippen molar-refractivity contribution in [2.75, 3.05) is 20.3 Å². The molecule has 1 N–H and O–H groups in total. The fraction of sp³-hybridized carbons (Fsp3) is 0.714. The molecule has 9 heavy (non-hydrogen) atoms. The van der Waals surface area contributed by atoms with Gasteiger partial charge in [0.1, 0.15) is 0 Å². The predicted octanol–water partition coefficient (Wildman–Crippen LogP) is 1.15. The number of hydrogen-bond donors (Lipinski definition) is 1. The average Bonchev–Trinajstić information content (AvgIpc) is 1.80. The molecular weight excluding hydrogens is 114 g/mol. The first-order chi connectivity index (χ1) is 4.27. The number of allylic oxidation sites excluding steroid dienone is 1. The third-order valence-electron chi connectivity index (χ3n) is 0.841. The molecule has 0 aromatic carbocycles. The highest BCUT2D eigenvalue weighted by atomic mass is 16.5. The van der Waals surface area contributed by atoms with Gasteiger partial charge >= 0.3 is 0 Å². The van der Waals surface area contributed by atoms with Crippen LogP contribution in [0.25, 0.3) is 0 Å². The lowest BCUT2D eigenvalue weighted by atomic mass is 10.4. The molecule has 0 unspecified atom stereocenters. The molecule has 0 aliphatic carbocycles. The summed E-state index contributed by atoms with van der Waals surface area (Å²) < 4.78 is 4.83. The average molecular weight is 129 g/mol. The Morgan fingerprint density at radius 3 is 2.67 bits per heavy atom. The smallest absolute Gasteiger partial charge is 0.0635 e. The van der Waals surface area contributed by atoms with E-state index in [9.17, 15) is 0 Å². The number of hydrogen-bond acceptors (Lipinski definition) is 2. The highest BCUT2D eigenvalue weighted by molar-refractivity contribution is 4.90. The SMILES string of the molecule is COCCNC=C(C)C. The van der Waals surface area contributed by atoms with Crippen LogP contribution in [0.2, 0.25) is 0 Å². The molecule has 2 heteroatoms. The molecule has 0 aromatic heterocycles. The van der Waals surface area contributed by atoms with Crippen molar-refractivity contribution in [1.82, 2.24) is 5.32 Å². The minimum absolute atomic E-state index is 0.768. The second kappa shape index (κ2) is 5.63. The molecule has 0 aliphatic heterocycles. The van der Waals surface area contributed by atoms with E-state index in [1.54, 1.807) is 7.11 Å². The third kappa shape index (κ3) is 7.50. The summed E-state index contributed by atoms with van der Waals surface area (Å²) in [4.78, 5) is 0. The maximum atomic E-state index is 4.83. The Labute approximate surface area is 56.9 Å². The zero-order chi connectivity index (χ0) is 7.11. The standard InChI is InChI=1S/C7H15NO/c1-7(2)6-8-4-5-9-3/h6,8H,4-5H2,1-3H3. The first-order valence-electron chi connectivity index (χ1n) is 3.13. The zero-order valence-electron chi connectivity index (χ0n) is 6.40. The molecule has 0 fully saturated rings. The predicted molar refractivity (Wildman–Crippen MR) is 39.3 cm³/mol. The normalized spacial score (nSPS) is 8.78. The summed E-state index contributed by atoms with van der Waals surface area (Å²) in [6.45, 7) is 5.77. The van der Waals surface area contributed by atoms with E-state index in [0.717, 1.165) is 13.2 Å². The van der Waals surface area contributed by atoms with Crippen molar-refractivity contribution >= 4 is 0 Å². The number of nitrogens with one attached hydrogen (secondary N) is 1. The van der Waals surface area contributed by atoms with Gasteiger partial charge in [-0.15, -0.1) is 0 Å². The van der Waals surface area contributed by atoms with Crippen molar-refractivity contribution < 1.29 is 4.74 Å². The fourth-order valence-corrected chi connectivity index (χ4v) is 0.437. The Hall–Kier alpha value is -0.500. The molecule has 0 bridgehead atoms. The summed E-state index contributed by atoms with van der Waals surface area (Å²) in [7, 11) is 1.70. The van der Waals surface area contributed by atoms with Crippen LogP contribution in [0.3, 0.4) is 0 Å². The lowest BCUT2D eigenvalue weighted by Gasteiger charge is -1.98. The molecule has 54 valence electrons. The molecule has 0 atom stereocenters. The number of ether oxygens (including phenoxy) is 1. The Morgan fingerprint density at radius 1 is 1.56 bits per heavy atom. The van der Waals surface area contributed by atoms with Gasteiger partial charge in [0.15, 0.2) is 0 Å². The fourth-order valence-electron chi connectivity index (χ4n) is 0.437. The van der Waals surface area contributed by atoms with Crippen molar-refractivity contribution in [3.8, 4) is 0 Å². The molecule has 0 saturated carbocycles. The van der Waals surface area contributed by atoms with E-state index < -0.39 is 0 Å². The second-order valence-electron chi connectivity index (χ2n) is 2.17. The van der Waals surface area contributed by atoms with E-state index in [1.807, 2.05) is 6.20 Å². The lowest BCUT2D eigenvalue weighted by Crippen LogP contribution is -2.12. The van der Waals surface area contributed by atoms with E-state index >= 15 is 0 Å². The molecule has 0 aromatic rings. The number of rotatable bonds is 4. The van der Waals surface area contributed by atoms with Gasteiger partial charge < -0.3 is 10.1 Å². The summed E-state index contributed by atoms with van der Waals surface area (Å²) in [5.74, 6) is 0. The first kappa shape index (κ1) is 8.50. The maximum absolute atomic E-state index is 4.83. The summed E-state index contributed by atoms with van der Waals surface area (Å²) in [6.07, 6.45) is 1.99. The molecule has 0 aliphatic rings. The van der Waals surface area contributed by atoms with Crippen LogP contribution in [-0.2, 0) is 4.74 Å². The van der Waals surface area contributed by atoms with Crippen molar-refractivity contribution in [1.29, 1.82) is 0 Å². The number of methoxy groups -OCH3 is 1. The Morgan fingerprint density at radius 2 is 2.22 bits per heavy atom. The van der Waals surface area contributed by atoms with Crippen LogP contribution in [0.4, 0.5) is 0 Å². The van der Waals surface area contributed by atoms with Gasteiger partial charge in [0.05, 0.1) is 6.61 Å². The summed E-state index contributed by atoms with van der Waals surface area (Å²) in [6, 6.07) is 0. The molecule has 0 radical (unpaired) electrons. The van der Waals surface area contributed by atoms with Crippen LogP contribution < -0.4 is 5.32 Å². The molecule has 0 amide bonds. The van der Waals surface area contributed by atoms with Crippen molar-refractivity contribution in [3.63, 3.8) is 0 Å². The van der Waals surface area contributed by atoms with Crippen LogP contribution >= 0.6 is 0 Å². The third-order valence-corrected chi connectivity index (χ3v) is 0.841. The largest absolute Gasteiger partial charge is 0.389 e. The molecule has 0 rings (SSSR count). The van der Waals surface area contributed by atoms with Gasteiger partial charge in [-0.2, -0.15) is 0 Å². The van der Waals surface area contributed by atoms with Gasteiger partial charge in [0.25, 0.3) is 0 Å². The van der Waals surface area contributed by atoms with Crippen molar-refractivity contribution in [2.24, 2.45) is 0 Å². The molecule has 2 nitrogen and oxygen atoms in total. The Kier molecular flexibility index (Phi) is 5.32. The first-order valence-corrected chi connectivity index (χ1v) is 3.13. The highest BCUT2D eigenvalue weighted by Gasteiger charge is 1.78. The van der Waals surface area contributed by atoms with Gasteiger partial charge in [0.2, 0.25) is 0 Å². The summed E-state index contributed by atoms with van der Waals surface area (Å²) >= 11 is 0. The zero-order valence-corrected chi connectivity index (χ0v) is 6.40. The van der Waals surface area contributed by atoms with Gasteiger partial charge in [-0.25, -0.2) is 0 Å². The van der Waals surface area contributed by atoms with Crippen LogP contribution in [0, 0.1) is 0 Å². The molecular formula is C7H15NO. The van der Waals surface area contributed by atoms with Crippen LogP contribution in [-0.4, -0.2) is 20.3 Å². The highest BCUT2D eigenvalue weighted by Crippen LogP contribution is 1.82. The van der Waals surface area contributed by atoms with E-state index in [2.05, 4.69) is 19.2 Å².